The number of benzene rings is 1. The predicted octanol–water partition coefficient (Wildman–Crippen LogP) is 4.08. The molecule has 1 saturated carbocycles. The highest BCUT2D eigenvalue weighted by Gasteiger charge is 2.51. The summed E-state index contributed by atoms with van der Waals surface area (Å²) in [5.41, 5.74) is 1.69. The summed E-state index contributed by atoms with van der Waals surface area (Å²) in [7, 11) is 3.06. The highest BCUT2D eigenvalue weighted by molar-refractivity contribution is 5.91. The van der Waals surface area contributed by atoms with Gasteiger partial charge < -0.3 is 20.3 Å². The van der Waals surface area contributed by atoms with Gasteiger partial charge in [0.2, 0.25) is 5.91 Å². The molecular weight excluding hydrogens is 445 g/mol. The molecule has 1 aromatic heterocycles. The van der Waals surface area contributed by atoms with Gasteiger partial charge in [-0.15, -0.1) is 10.2 Å². The second-order valence-electron chi connectivity index (χ2n) is 10.7. The molecule has 0 radical (unpaired) electrons. The minimum atomic E-state index is -0.460. The average Bonchev–Trinajstić information content (AvgIpc) is 3.63. The zero-order chi connectivity index (χ0) is 24.8. The topological polar surface area (TPSA) is 79.4 Å². The molecule has 3 heterocycles. The van der Waals surface area contributed by atoms with Gasteiger partial charge >= 0.3 is 0 Å². The third-order valence-corrected chi connectivity index (χ3v) is 7.71. The van der Waals surface area contributed by atoms with Gasteiger partial charge in [-0.2, -0.15) is 0 Å². The molecule has 1 amide bonds. The predicted molar refractivity (Wildman–Crippen MR) is 135 cm³/mol. The van der Waals surface area contributed by atoms with Crippen molar-refractivity contribution in [3.63, 3.8) is 0 Å². The van der Waals surface area contributed by atoms with Crippen LogP contribution in [0.15, 0.2) is 30.3 Å². The monoisotopic (exact) mass is 479 g/mol. The fraction of sp³-hybridized carbons (Fsp3) is 0.519. The maximum atomic E-state index is 14.8. The summed E-state index contributed by atoms with van der Waals surface area (Å²) in [6, 6.07) is 7.81. The van der Waals surface area contributed by atoms with Crippen LogP contribution < -0.4 is 20.3 Å². The zero-order valence-corrected chi connectivity index (χ0v) is 20.9. The van der Waals surface area contributed by atoms with Crippen LogP contribution in [0.2, 0.25) is 0 Å². The van der Waals surface area contributed by atoms with Crippen LogP contribution in [0.5, 0.6) is 5.75 Å². The number of nitrogens with zero attached hydrogens (tertiary/aromatic N) is 3. The van der Waals surface area contributed by atoms with Crippen molar-refractivity contribution < 1.29 is 13.9 Å². The molecule has 3 fully saturated rings. The van der Waals surface area contributed by atoms with Crippen LogP contribution in [-0.2, 0) is 4.79 Å². The second kappa shape index (κ2) is 8.90. The first-order valence-electron chi connectivity index (χ1n) is 12.4. The van der Waals surface area contributed by atoms with E-state index in [1.165, 1.54) is 58.1 Å². The highest BCUT2D eigenvalue weighted by Crippen LogP contribution is 2.46. The molecule has 35 heavy (non-hydrogen) atoms. The molecule has 2 N–H and O–H groups in total. The average molecular weight is 480 g/mol. The smallest absolute Gasteiger partial charge is 0.243 e. The molecule has 5 rings (SSSR count). The lowest BCUT2D eigenvalue weighted by Gasteiger charge is -2.46. The van der Waals surface area contributed by atoms with E-state index in [1.807, 2.05) is 12.1 Å². The summed E-state index contributed by atoms with van der Waals surface area (Å²) in [5.74, 6) is 0.594. The van der Waals surface area contributed by atoms with Crippen molar-refractivity contribution in [1.29, 1.82) is 0 Å². The van der Waals surface area contributed by atoms with Crippen molar-refractivity contribution >= 4 is 17.8 Å². The van der Waals surface area contributed by atoms with Crippen LogP contribution >= 0.6 is 0 Å². The number of rotatable bonds is 7. The number of ether oxygens (including phenoxy) is 1. The number of halogens is 1. The molecule has 8 heteroatoms. The number of carbonyl (C=O) groups is 1. The molecule has 1 aromatic carbocycles. The van der Waals surface area contributed by atoms with Crippen molar-refractivity contribution in [2.24, 2.45) is 0 Å². The van der Waals surface area contributed by atoms with E-state index in [0.29, 0.717) is 29.1 Å². The van der Waals surface area contributed by atoms with Crippen molar-refractivity contribution in [2.75, 3.05) is 19.1 Å². The standard InChI is InChI=1S/C27H34FN5O2/c1-26-11-12-27(2,32-26)16-19(15-26)33(18-6-7-18)24-9-8-22(30-31-24)20-14-21(28)17(13-23(20)35-4)5-10-25(34)29-3/h5,8-10,13-14,18-19,32H,6-7,11-12,15-16H2,1-4H3,(H,29,34)/b10-5+/t19?,26-,27+. The molecule has 3 aliphatic rings. The molecular formula is C27H34FN5O2. The van der Waals surface area contributed by atoms with E-state index in [2.05, 4.69) is 39.6 Å². The van der Waals surface area contributed by atoms with Crippen LogP contribution in [0.4, 0.5) is 10.2 Å². The molecule has 2 aromatic rings. The molecule has 0 spiro atoms. The molecule has 2 aliphatic heterocycles. The number of aromatic nitrogens is 2. The van der Waals surface area contributed by atoms with Gasteiger partial charge in [0.25, 0.3) is 0 Å². The molecule has 186 valence electrons. The lowest BCUT2D eigenvalue weighted by Crippen LogP contribution is -2.59. The Morgan fingerprint density at radius 2 is 1.89 bits per heavy atom. The van der Waals surface area contributed by atoms with E-state index >= 15 is 0 Å². The Morgan fingerprint density at radius 3 is 2.46 bits per heavy atom. The Labute approximate surface area is 206 Å². The van der Waals surface area contributed by atoms with Crippen LogP contribution in [0.1, 0.15) is 57.9 Å². The summed E-state index contributed by atoms with van der Waals surface area (Å²) >= 11 is 0. The van der Waals surface area contributed by atoms with Gasteiger partial charge in [0.15, 0.2) is 5.82 Å². The van der Waals surface area contributed by atoms with E-state index in [0.717, 1.165) is 18.7 Å². The molecule has 3 atom stereocenters. The van der Waals surface area contributed by atoms with Crippen LogP contribution in [0.3, 0.4) is 0 Å². The summed E-state index contributed by atoms with van der Waals surface area (Å²) in [4.78, 5) is 14.0. The first-order chi connectivity index (χ1) is 16.7. The van der Waals surface area contributed by atoms with Gasteiger partial charge in [0.05, 0.1) is 12.8 Å². The minimum absolute atomic E-state index is 0.178. The summed E-state index contributed by atoms with van der Waals surface area (Å²) in [6.07, 6.45) is 9.71. The summed E-state index contributed by atoms with van der Waals surface area (Å²) in [5, 5.41) is 15.5. The van der Waals surface area contributed by atoms with E-state index in [-0.39, 0.29) is 22.5 Å². The van der Waals surface area contributed by atoms with E-state index in [1.54, 1.807) is 6.07 Å². The van der Waals surface area contributed by atoms with Crippen LogP contribution in [-0.4, -0.2) is 53.4 Å². The Hall–Kier alpha value is -3.00. The van der Waals surface area contributed by atoms with Crippen LogP contribution in [0.25, 0.3) is 17.3 Å². The Bertz CT molecular complexity index is 1130. The summed E-state index contributed by atoms with van der Waals surface area (Å²) in [6.45, 7) is 4.69. The highest BCUT2D eigenvalue weighted by atomic mass is 19.1. The number of likely N-dealkylation sites (N-methyl/N-ethyl adjacent to an activating group) is 1. The number of piperidine rings is 1. The quantitative estimate of drug-likeness (QED) is 0.583. The van der Waals surface area contributed by atoms with E-state index < -0.39 is 5.82 Å². The fourth-order valence-corrected chi connectivity index (χ4v) is 5.97. The number of anilines is 1. The number of carbonyl (C=O) groups excluding carboxylic acids is 1. The maximum Gasteiger partial charge on any atom is 0.243 e. The van der Waals surface area contributed by atoms with Crippen molar-refractivity contribution in [3.8, 4) is 17.0 Å². The molecule has 1 aliphatic carbocycles. The largest absolute Gasteiger partial charge is 0.496 e. The molecule has 1 unspecified atom stereocenters. The summed E-state index contributed by atoms with van der Waals surface area (Å²) < 4.78 is 20.3. The van der Waals surface area contributed by atoms with Crippen molar-refractivity contribution in [1.82, 2.24) is 20.8 Å². The normalized spacial score (nSPS) is 27.7. The fourth-order valence-electron chi connectivity index (χ4n) is 5.97. The maximum absolute atomic E-state index is 14.8. The van der Waals surface area contributed by atoms with Gasteiger partial charge in [-0.05, 0) is 82.7 Å². The number of hydrogen-bond acceptors (Lipinski definition) is 6. The van der Waals surface area contributed by atoms with Gasteiger partial charge in [0, 0.05) is 47.4 Å². The Kier molecular flexibility index (Phi) is 6.03. The zero-order valence-electron chi connectivity index (χ0n) is 20.9. The SMILES string of the molecule is CNC(=O)/C=C/c1cc(OC)c(-c2ccc(N(C3CC3)C3C[C@]4(C)CC[C@](C)(C3)N4)nn2)cc1F. The molecule has 2 bridgehead atoms. The first kappa shape index (κ1) is 23.7. The van der Waals surface area contributed by atoms with Crippen LogP contribution in [0, 0.1) is 5.82 Å². The Balaban J connectivity index is 1.42. The minimum Gasteiger partial charge on any atom is -0.496 e. The van der Waals surface area contributed by atoms with E-state index in [4.69, 9.17) is 4.74 Å². The van der Waals surface area contributed by atoms with Crippen molar-refractivity contribution in [3.05, 3.63) is 41.7 Å². The van der Waals surface area contributed by atoms with Gasteiger partial charge in [-0.25, -0.2) is 4.39 Å². The Morgan fingerprint density at radius 1 is 1.17 bits per heavy atom. The van der Waals surface area contributed by atoms with Gasteiger partial charge in [0.1, 0.15) is 11.6 Å². The number of fused-ring (bicyclic) bond motifs is 2. The number of amides is 1. The molecule has 7 nitrogen and oxygen atoms in total. The number of methoxy groups -OCH3 is 1. The lowest BCUT2D eigenvalue weighted by molar-refractivity contribution is -0.115. The third-order valence-electron chi connectivity index (χ3n) is 7.71. The second-order valence-corrected chi connectivity index (χ2v) is 10.7. The lowest BCUT2D eigenvalue weighted by atomic mass is 9.84. The number of nitrogens with one attached hydrogen (secondary N) is 2. The van der Waals surface area contributed by atoms with Gasteiger partial charge in [-0.3, -0.25) is 4.79 Å². The first-order valence-corrected chi connectivity index (χ1v) is 12.4. The van der Waals surface area contributed by atoms with Gasteiger partial charge in [-0.1, -0.05) is 0 Å². The third kappa shape index (κ3) is 4.76. The van der Waals surface area contributed by atoms with Crippen molar-refractivity contribution in [2.45, 2.75) is 75.5 Å². The van der Waals surface area contributed by atoms with E-state index in [9.17, 15) is 9.18 Å². The molecule has 2 saturated heterocycles. The number of hydrogen-bond donors (Lipinski definition) is 2.